The quantitative estimate of drug-likeness (QED) is 0.311. The molecule has 5 rings (SSSR count). The van der Waals surface area contributed by atoms with E-state index >= 15 is 0 Å². The highest BCUT2D eigenvalue weighted by atomic mass is 16.7. The Morgan fingerprint density at radius 3 is 2.59 bits per heavy atom. The fourth-order valence-corrected chi connectivity index (χ4v) is 5.75. The second-order valence-electron chi connectivity index (χ2n) is 10.8. The summed E-state index contributed by atoms with van der Waals surface area (Å²) in [5.41, 5.74) is 8.25. The molecule has 3 fully saturated rings. The number of nitrogens with zero attached hydrogens (tertiary/aromatic N) is 4. The normalized spacial score (nSPS) is 24.0. The lowest BCUT2D eigenvalue weighted by Crippen LogP contribution is -2.44. The van der Waals surface area contributed by atoms with Crippen LogP contribution in [0.15, 0.2) is 23.2 Å². The zero-order chi connectivity index (χ0) is 25.6. The van der Waals surface area contributed by atoms with Gasteiger partial charge in [-0.25, -0.2) is 20.0 Å². The summed E-state index contributed by atoms with van der Waals surface area (Å²) in [6.07, 6.45) is 13.1. The molecule has 1 amide bonds. The van der Waals surface area contributed by atoms with Crippen LogP contribution in [-0.4, -0.2) is 58.2 Å². The molecule has 2 saturated carbocycles. The number of nitrogens with one attached hydrogen (secondary N) is 2. The topological polar surface area (TPSA) is 118 Å². The number of hydrogen-bond donors (Lipinski definition) is 3. The molecule has 0 radical (unpaired) electrons. The first-order chi connectivity index (χ1) is 18.1. The van der Waals surface area contributed by atoms with Crippen molar-refractivity contribution in [2.24, 2.45) is 10.7 Å². The van der Waals surface area contributed by atoms with Crippen LogP contribution in [0, 0.1) is 6.92 Å². The van der Waals surface area contributed by atoms with Gasteiger partial charge in [-0.2, -0.15) is 0 Å². The van der Waals surface area contributed by atoms with Gasteiger partial charge in [-0.1, -0.05) is 50.2 Å². The predicted molar refractivity (Wildman–Crippen MR) is 146 cm³/mol. The summed E-state index contributed by atoms with van der Waals surface area (Å²) in [5, 5.41) is 9.52. The smallest absolute Gasteiger partial charge is 0.289 e. The number of carbonyl (C=O) groups excluding carboxylic acids is 1. The lowest BCUT2D eigenvalue weighted by molar-refractivity contribution is -0.124. The summed E-state index contributed by atoms with van der Waals surface area (Å²) in [5.74, 6) is 1.17. The largest absolute Gasteiger partial charge is 0.368 e. The number of aliphatic imine (C=N–C) groups is 1. The van der Waals surface area contributed by atoms with Crippen molar-refractivity contribution in [2.75, 3.05) is 18.5 Å². The van der Waals surface area contributed by atoms with Gasteiger partial charge in [-0.05, 0) is 57.6 Å². The number of anilines is 1. The lowest BCUT2D eigenvalue weighted by Gasteiger charge is -2.32. The third-order valence-corrected chi connectivity index (χ3v) is 7.85. The summed E-state index contributed by atoms with van der Waals surface area (Å²) in [7, 11) is 0. The van der Waals surface area contributed by atoms with E-state index in [1.54, 1.807) is 5.06 Å². The van der Waals surface area contributed by atoms with Crippen molar-refractivity contribution in [3.8, 4) is 0 Å². The van der Waals surface area contributed by atoms with Crippen LogP contribution in [0.1, 0.15) is 93.2 Å². The van der Waals surface area contributed by atoms with Crippen LogP contribution in [0.3, 0.4) is 0 Å². The summed E-state index contributed by atoms with van der Waals surface area (Å²) in [6.45, 7) is 3.51. The Morgan fingerprint density at radius 1 is 1.03 bits per heavy atom. The first-order valence-electron chi connectivity index (χ1n) is 14.2. The second kappa shape index (κ2) is 12.1. The molecule has 0 spiro atoms. The number of hydrogen-bond acceptors (Lipinski definition) is 6. The van der Waals surface area contributed by atoms with Crippen LogP contribution in [0.25, 0.3) is 10.9 Å². The number of aromatic nitrogens is 2. The van der Waals surface area contributed by atoms with Gasteiger partial charge in [-0.15, -0.1) is 0 Å². The molecule has 0 unspecified atom stereocenters. The summed E-state index contributed by atoms with van der Waals surface area (Å²) >= 11 is 0. The molecule has 2 atom stereocenters. The van der Waals surface area contributed by atoms with Gasteiger partial charge in [0.2, 0.25) is 11.8 Å². The molecule has 1 aromatic carbocycles. The fourth-order valence-electron chi connectivity index (χ4n) is 5.75. The van der Waals surface area contributed by atoms with Crippen molar-refractivity contribution < 1.29 is 9.63 Å². The first kappa shape index (κ1) is 25.7. The van der Waals surface area contributed by atoms with E-state index in [0.717, 1.165) is 87.2 Å². The molecule has 37 heavy (non-hydrogen) atoms. The Kier molecular flexibility index (Phi) is 8.38. The molecular formula is C28H41N7O2. The second-order valence-corrected chi connectivity index (χ2v) is 10.8. The number of carbonyl (C=O) groups is 1. The molecule has 2 heterocycles. The van der Waals surface area contributed by atoms with E-state index in [4.69, 9.17) is 20.5 Å². The maximum atomic E-state index is 13.2. The van der Waals surface area contributed by atoms with Crippen LogP contribution in [-0.2, 0) is 4.84 Å². The van der Waals surface area contributed by atoms with Gasteiger partial charge in [0.15, 0.2) is 0 Å². The molecule has 9 nitrogen and oxygen atoms in total. The van der Waals surface area contributed by atoms with Gasteiger partial charge < -0.3 is 16.4 Å². The van der Waals surface area contributed by atoms with Crippen LogP contribution in [0.2, 0.25) is 0 Å². The Hall–Kier alpha value is -2.94. The number of nitrogens with two attached hydrogens (primary N) is 1. The minimum atomic E-state index is -0.192. The molecule has 2 aromatic rings. The van der Waals surface area contributed by atoms with Crippen LogP contribution in [0.5, 0.6) is 0 Å². The van der Waals surface area contributed by atoms with Gasteiger partial charge in [-0.3, -0.25) is 9.63 Å². The van der Waals surface area contributed by atoms with Gasteiger partial charge in [0.1, 0.15) is 5.82 Å². The molecular weight excluding hydrogens is 466 g/mol. The van der Waals surface area contributed by atoms with Crippen LogP contribution in [0.4, 0.5) is 5.82 Å². The molecule has 1 aliphatic heterocycles. The number of hydroxylamine groups is 2. The van der Waals surface area contributed by atoms with Crippen LogP contribution < -0.4 is 16.4 Å². The monoisotopic (exact) mass is 507 g/mol. The number of fused-ring (bicyclic) bond motifs is 1. The SMILES string of the molecule is Cc1ccc2nc(C(=O)NC3CCCCCC3)nc(N[C@H]3CCCC[C@H]3N=C(N)N3CCCCO3)c2c1. The molecule has 2 aliphatic carbocycles. The third-order valence-electron chi connectivity index (χ3n) is 7.85. The highest BCUT2D eigenvalue weighted by Gasteiger charge is 2.28. The van der Waals surface area contributed by atoms with E-state index in [9.17, 15) is 4.79 Å². The molecule has 3 aliphatic rings. The van der Waals surface area contributed by atoms with Crippen molar-refractivity contribution in [2.45, 2.75) is 102 Å². The maximum absolute atomic E-state index is 13.2. The fraction of sp³-hybridized carbons (Fsp3) is 0.643. The Morgan fingerprint density at radius 2 is 1.81 bits per heavy atom. The molecule has 0 bridgehead atoms. The zero-order valence-electron chi connectivity index (χ0n) is 22.0. The average Bonchev–Trinajstić information content (AvgIpc) is 3.19. The third kappa shape index (κ3) is 6.50. The lowest BCUT2D eigenvalue weighted by atomic mass is 9.90. The van der Waals surface area contributed by atoms with E-state index < -0.39 is 0 Å². The van der Waals surface area contributed by atoms with Crippen molar-refractivity contribution in [1.82, 2.24) is 20.3 Å². The zero-order valence-corrected chi connectivity index (χ0v) is 22.0. The summed E-state index contributed by atoms with van der Waals surface area (Å²) < 4.78 is 0. The molecule has 4 N–H and O–H groups in total. The van der Waals surface area contributed by atoms with E-state index in [0.29, 0.717) is 18.4 Å². The van der Waals surface area contributed by atoms with Crippen LogP contribution >= 0.6 is 0 Å². The molecule has 200 valence electrons. The van der Waals surface area contributed by atoms with Gasteiger partial charge in [0, 0.05) is 18.0 Å². The van der Waals surface area contributed by atoms with Crippen molar-refractivity contribution in [3.63, 3.8) is 0 Å². The Labute approximate surface area is 219 Å². The van der Waals surface area contributed by atoms with Crippen molar-refractivity contribution in [1.29, 1.82) is 0 Å². The van der Waals surface area contributed by atoms with Crippen molar-refractivity contribution in [3.05, 3.63) is 29.6 Å². The highest BCUT2D eigenvalue weighted by Crippen LogP contribution is 2.28. The highest BCUT2D eigenvalue weighted by molar-refractivity contribution is 5.96. The number of benzene rings is 1. The van der Waals surface area contributed by atoms with E-state index in [1.165, 1.54) is 12.8 Å². The Bertz CT molecular complexity index is 1110. The number of guanidine groups is 1. The maximum Gasteiger partial charge on any atom is 0.289 e. The van der Waals surface area contributed by atoms with Gasteiger partial charge >= 0.3 is 0 Å². The predicted octanol–water partition coefficient (Wildman–Crippen LogP) is 4.46. The minimum Gasteiger partial charge on any atom is -0.368 e. The number of aryl methyl sites for hydroxylation is 1. The average molecular weight is 508 g/mol. The minimum absolute atomic E-state index is 0.0115. The van der Waals surface area contributed by atoms with E-state index in [2.05, 4.69) is 28.6 Å². The van der Waals surface area contributed by atoms with Gasteiger partial charge in [0.05, 0.1) is 24.2 Å². The number of amides is 1. The van der Waals surface area contributed by atoms with Gasteiger partial charge in [0.25, 0.3) is 5.91 Å². The van der Waals surface area contributed by atoms with E-state index in [1.807, 2.05) is 12.1 Å². The number of rotatable bonds is 5. The standard InChI is InChI=1S/C28H41N7O2/c1-19-14-15-22-21(18-19)25(34-26(31-22)27(36)30-20-10-4-2-3-5-11-20)32-23-12-6-7-13-24(23)33-28(29)35-16-8-9-17-37-35/h14-15,18,20,23-24H,2-13,16-17H2,1H3,(H2,29,33)(H,30,36)(H,31,32,34)/t23-,24+/m0/s1. The first-order valence-corrected chi connectivity index (χ1v) is 14.2. The Balaban J connectivity index is 1.40. The molecule has 1 saturated heterocycles. The summed E-state index contributed by atoms with van der Waals surface area (Å²) in [4.78, 5) is 33.3. The molecule has 1 aromatic heterocycles. The van der Waals surface area contributed by atoms with E-state index in [-0.39, 0.29) is 29.9 Å². The summed E-state index contributed by atoms with van der Waals surface area (Å²) in [6, 6.07) is 6.36. The molecule has 9 heteroatoms. The van der Waals surface area contributed by atoms with Crippen molar-refractivity contribution >= 4 is 28.6 Å².